The largest absolute Gasteiger partial charge is 0.278 e. The summed E-state index contributed by atoms with van der Waals surface area (Å²) in [5, 5.41) is 0.750. The number of aromatic nitrogens is 2. The number of para-hydroxylation sites is 4. The summed E-state index contributed by atoms with van der Waals surface area (Å²) < 4.78 is 0. The van der Waals surface area contributed by atoms with Crippen LogP contribution in [-0.2, 0) is 4.79 Å². The summed E-state index contributed by atoms with van der Waals surface area (Å²) in [6.07, 6.45) is 1.73. The Morgan fingerprint density at radius 1 is 0.857 bits per heavy atom. The van der Waals surface area contributed by atoms with E-state index in [-0.39, 0.29) is 5.91 Å². The molecule has 1 aliphatic heterocycles. The summed E-state index contributed by atoms with van der Waals surface area (Å²) in [6, 6.07) is 23.8. The topological polar surface area (TPSA) is 46.1 Å². The summed E-state index contributed by atoms with van der Waals surface area (Å²) in [7, 11) is 0. The monoisotopic (exact) mass is 401 g/mol. The number of amides is 1. The molecule has 28 heavy (non-hydrogen) atoms. The fraction of sp³-hybridized carbons (Fsp3) is 0.0455. The van der Waals surface area contributed by atoms with Gasteiger partial charge in [-0.25, -0.2) is 4.98 Å². The van der Waals surface area contributed by atoms with Gasteiger partial charge in [-0.15, -0.1) is 0 Å². The number of nitrogens with zero attached hydrogens (tertiary/aromatic N) is 3. The number of anilines is 2. The van der Waals surface area contributed by atoms with Crippen molar-refractivity contribution in [2.45, 2.75) is 14.8 Å². The van der Waals surface area contributed by atoms with Gasteiger partial charge in [-0.05, 0) is 36.4 Å². The molecule has 0 fully saturated rings. The van der Waals surface area contributed by atoms with Gasteiger partial charge in [-0.3, -0.25) is 14.7 Å². The lowest BCUT2D eigenvalue weighted by atomic mass is 10.2. The number of benzene rings is 3. The summed E-state index contributed by atoms with van der Waals surface area (Å²) >= 11 is 3.11. The summed E-state index contributed by atoms with van der Waals surface area (Å²) in [4.78, 5) is 26.2. The number of carbonyl (C=O) groups is 1. The molecule has 0 unspecified atom stereocenters. The highest BCUT2D eigenvalue weighted by molar-refractivity contribution is 8.00. The fourth-order valence-corrected chi connectivity index (χ4v) is 4.93. The first kappa shape index (κ1) is 17.3. The Kier molecular flexibility index (Phi) is 4.50. The predicted octanol–water partition coefficient (Wildman–Crippen LogP) is 5.55. The molecular weight excluding hydrogens is 386 g/mol. The van der Waals surface area contributed by atoms with Crippen LogP contribution in [0.3, 0.4) is 0 Å². The molecule has 3 aromatic carbocycles. The third-order valence-corrected chi connectivity index (χ3v) is 6.47. The standard InChI is InChI=1S/C22H15N3OS2/c26-22(14-27-21-13-23-15-7-1-2-8-16(15)24-21)25-17-9-3-5-11-19(17)28-20-12-6-4-10-18(20)25/h1-13H,14H2. The minimum absolute atomic E-state index is 0.0279. The van der Waals surface area contributed by atoms with Crippen LogP contribution in [0.5, 0.6) is 0 Å². The Hall–Kier alpha value is -2.83. The first-order valence-electron chi connectivity index (χ1n) is 8.83. The quantitative estimate of drug-likeness (QED) is 0.421. The Morgan fingerprint density at radius 2 is 1.46 bits per heavy atom. The van der Waals surface area contributed by atoms with Crippen LogP contribution in [-0.4, -0.2) is 21.6 Å². The van der Waals surface area contributed by atoms with Crippen LogP contribution in [0.4, 0.5) is 11.4 Å². The van der Waals surface area contributed by atoms with Crippen molar-refractivity contribution in [3.8, 4) is 0 Å². The van der Waals surface area contributed by atoms with E-state index in [0.29, 0.717) is 5.75 Å². The minimum atomic E-state index is 0.0279. The highest BCUT2D eigenvalue weighted by Gasteiger charge is 2.27. The number of carbonyl (C=O) groups excluding carboxylic acids is 1. The number of hydrogen-bond acceptors (Lipinski definition) is 5. The molecule has 0 spiro atoms. The van der Waals surface area contributed by atoms with E-state index in [2.05, 4.69) is 22.1 Å². The highest BCUT2D eigenvalue weighted by atomic mass is 32.2. The Labute approximate surface area is 171 Å². The molecule has 136 valence electrons. The molecule has 4 aromatic rings. The Balaban J connectivity index is 1.43. The van der Waals surface area contributed by atoms with Crippen molar-refractivity contribution in [3.63, 3.8) is 0 Å². The van der Waals surface area contributed by atoms with Crippen molar-refractivity contribution in [2.24, 2.45) is 0 Å². The van der Waals surface area contributed by atoms with E-state index in [0.717, 1.165) is 37.2 Å². The lowest BCUT2D eigenvalue weighted by Gasteiger charge is -2.30. The molecule has 0 atom stereocenters. The maximum Gasteiger partial charge on any atom is 0.242 e. The van der Waals surface area contributed by atoms with Crippen LogP contribution in [0, 0.1) is 0 Å². The number of rotatable bonds is 3. The first-order valence-corrected chi connectivity index (χ1v) is 10.6. The van der Waals surface area contributed by atoms with Crippen molar-refractivity contribution in [2.75, 3.05) is 10.7 Å². The zero-order chi connectivity index (χ0) is 18.9. The maximum absolute atomic E-state index is 13.2. The van der Waals surface area contributed by atoms with Crippen molar-refractivity contribution >= 4 is 51.8 Å². The summed E-state index contributed by atoms with van der Waals surface area (Å²) in [5.41, 5.74) is 3.56. The molecule has 4 nitrogen and oxygen atoms in total. The van der Waals surface area contributed by atoms with Crippen LogP contribution >= 0.6 is 23.5 Å². The molecule has 0 N–H and O–H groups in total. The second-order valence-electron chi connectivity index (χ2n) is 6.25. The maximum atomic E-state index is 13.2. The van der Waals surface area contributed by atoms with E-state index in [1.165, 1.54) is 11.8 Å². The molecule has 2 heterocycles. The molecule has 0 radical (unpaired) electrons. The van der Waals surface area contributed by atoms with E-state index in [9.17, 15) is 4.79 Å². The fourth-order valence-electron chi connectivity index (χ4n) is 3.18. The van der Waals surface area contributed by atoms with Crippen LogP contribution in [0.15, 0.2) is 93.8 Å². The summed E-state index contributed by atoms with van der Waals surface area (Å²) in [6.45, 7) is 0. The van der Waals surface area contributed by atoms with Gasteiger partial charge < -0.3 is 0 Å². The highest BCUT2D eigenvalue weighted by Crippen LogP contribution is 2.48. The normalized spacial score (nSPS) is 12.5. The van der Waals surface area contributed by atoms with Crippen LogP contribution in [0.1, 0.15) is 0 Å². The molecule has 0 bridgehead atoms. The zero-order valence-corrected chi connectivity index (χ0v) is 16.4. The Bertz CT molecular complexity index is 1150. The van der Waals surface area contributed by atoms with Crippen LogP contribution < -0.4 is 4.90 Å². The lowest BCUT2D eigenvalue weighted by molar-refractivity contribution is -0.115. The average molecular weight is 402 g/mol. The van der Waals surface area contributed by atoms with Crippen LogP contribution in [0.25, 0.3) is 11.0 Å². The van der Waals surface area contributed by atoms with E-state index in [4.69, 9.17) is 0 Å². The van der Waals surface area contributed by atoms with Crippen molar-refractivity contribution in [1.82, 2.24) is 9.97 Å². The molecular formula is C22H15N3OS2. The number of thioether (sulfide) groups is 1. The molecule has 0 saturated heterocycles. The van der Waals surface area contributed by atoms with Crippen LogP contribution in [0.2, 0.25) is 0 Å². The van der Waals surface area contributed by atoms with E-state index in [1.807, 2.05) is 65.6 Å². The van der Waals surface area contributed by atoms with Crippen molar-refractivity contribution in [3.05, 3.63) is 79.0 Å². The van der Waals surface area contributed by atoms with Gasteiger partial charge in [-0.1, -0.05) is 59.9 Å². The van der Waals surface area contributed by atoms with Crippen molar-refractivity contribution < 1.29 is 4.79 Å². The van der Waals surface area contributed by atoms with Gasteiger partial charge in [0.25, 0.3) is 0 Å². The SMILES string of the molecule is O=C(CSc1cnc2ccccc2n1)N1c2ccccc2Sc2ccccc21. The summed E-state index contributed by atoms with van der Waals surface area (Å²) in [5.74, 6) is 0.320. The zero-order valence-electron chi connectivity index (χ0n) is 14.8. The minimum Gasteiger partial charge on any atom is -0.278 e. The average Bonchev–Trinajstić information content (AvgIpc) is 2.75. The van der Waals surface area contributed by atoms with Gasteiger partial charge >= 0.3 is 0 Å². The number of hydrogen-bond donors (Lipinski definition) is 0. The van der Waals surface area contributed by atoms with Gasteiger partial charge in [0.15, 0.2) is 0 Å². The molecule has 0 aliphatic carbocycles. The van der Waals surface area contributed by atoms with Gasteiger partial charge in [0, 0.05) is 9.79 Å². The van der Waals surface area contributed by atoms with E-state index in [1.54, 1.807) is 18.0 Å². The molecule has 1 amide bonds. The van der Waals surface area contributed by atoms with Gasteiger partial charge in [0.05, 0.1) is 34.4 Å². The first-order chi connectivity index (χ1) is 13.8. The van der Waals surface area contributed by atoms with E-state index < -0.39 is 0 Å². The lowest BCUT2D eigenvalue weighted by Crippen LogP contribution is -2.30. The number of fused-ring (bicyclic) bond motifs is 3. The third kappa shape index (κ3) is 3.15. The van der Waals surface area contributed by atoms with Gasteiger partial charge in [0.2, 0.25) is 5.91 Å². The van der Waals surface area contributed by atoms with Crippen molar-refractivity contribution in [1.29, 1.82) is 0 Å². The smallest absolute Gasteiger partial charge is 0.242 e. The molecule has 1 aromatic heterocycles. The molecule has 0 saturated carbocycles. The predicted molar refractivity (Wildman–Crippen MR) is 114 cm³/mol. The third-order valence-electron chi connectivity index (χ3n) is 4.45. The van der Waals surface area contributed by atoms with Gasteiger partial charge in [0.1, 0.15) is 5.03 Å². The second kappa shape index (κ2) is 7.30. The Morgan fingerprint density at radius 3 is 2.18 bits per heavy atom. The molecule has 6 heteroatoms. The van der Waals surface area contributed by atoms with E-state index >= 15 is 0 Å². The second-order valence-corrected chi connectivity index (χ2v) is 8.33. The molecule has 5 rings (SSSR count). The molecule has 1 aliphatic rings. The van der Waals surface area contributed by atoms with Gasteiger partial charge in [-0.2, -0.15) is 0 Å².